The van der Waals surface area contributed by atoms with Crippen molar-refractivity contribution in [2.45, 2.75) is 26.0 Å². The van der Waals surface area contributed by atoms with E-state index in [4.69, 9.17) is 16.3 Å². The van der Waals surface area contributed by atoms with E-state index in [1.54, 1.807) is 14.2 Å². The van der Waals surface area contributed by atoms with Gasteiger partial charge in [-0.05, 0) is 31.5 Å². The molecule has 1 aliphatic rings. The van der Waals surface area contributed by atoms with Crippen molar-refractivity contribution in [3.63, 3.8) is 0 Å². The van der Waals surface area contributed by atoms with Crippen molar-refractivity contribution in [1.82, 2.24) is 20.4 Å². The number of rotatable bonds is 7. The van der Waals surface area contributed by atoms with E-state index in [2.05, 4.69) is 25.4 Å². The number of ether oxygens (including phenoxy) is 1. The van der Waals surface area contributed by atoms with Gasteiger partial charge in [0.05, 0.1) is 12.6 Å². The van der Waals surface area contributed by atoms with Gasteiger partial charge < -0.3 is 20.3 Å². The van der Waals surface area contributed by atoms with Crippen molar-refractivity contribution in [3.05, 3.63) is 34.9 Å². The second-order valence-corrected chi connectivity index (χ2v) is 7.63. The summed E-state index contributed by atoms with van der Waals surface area (Å²) < 4.78 is 5.62. The van der Waals surface area contributed by atoms with Crippen LogP contribution in [0.1, 0.15) is 25.5 Å². The number of hydrogen-bond donors (Lipinski definition) is 2. The zero-order chi connectivity index (χ0) is 20.5. The summed E-state index contributed by atoms with van der Waals surface area (Å²) in [6.07, 6.45) is -0.114. The van der Waals surface area contributed by atoms with Gasteiger partial charge in [-0.25, -0.2) is 0 Å². The number of hydrogen-bond acceptors (Lipinski definition) is 4. The Morgan fingerprint density at radius 2 is 1.97 bits per heavy atom. The molecular weight excluding hydrogens is 505 g/mol. The van der Waals surface area contributed by atoms with Crippen LogP contribution < -0.4 is 10.6 Å². The molecule has 1 heterocycles. The van der Waals surface area contributed by atoms with Gasteiger partial charge in [0.2, 0.25) is 5.91 Å². The lowest BCUT2D eigenvalue weighted by Gasteiger charge is -2.36. The lowest BCUT2D eigenvalue weighted by Crippen LogP contribution is -2.54. The molecule has 0 saturated carbocycles. The lowest BCUT2D eigenvalue weighted by atomic mass is 10.1. The number of guanidine groups is 1. The van der Waals surface area contributed by atoms with Crippen molar-refractivity contribution < 1.29 is 9.53 Å². The summed E-state index contributed by atoms with van der Waals surface area (Å²) in [7, 11) is 3.48. The summed E-state index contributed by atoms with van der Waals surface area (Å²) >= 11 is 6.09. The molecule has 0 aromatic heterocycles. The quantitative estimate of drug-likeness (QED) is 0.318. The third-order valence-corrected chi connectivity index (χ3v) is 4.89. The number of methoxy groups -OCH3 is 1. The SMILES string of the molecule is CN=C(NCC(OC)c1cccc(Cl)c1)N1CCN(CC(=O)NC(C)C)CC1.I. The van der Waals surface area contributed by atoms with E-state index >= 15 is 0 Å². The zero-order valence-corrected chi connectivity index (χ0v) is 20.7. The number of carbonyl (C=O) groups is 1. The van der Waals surface area contributed by atoms with Crippen LogP contribution in [0.15, 0.2) is 29.3 Å². The molecular formula is C20H33ClIN5O2. The molecule has 1 saturated heterocycles. The molecule has 2 rings (SSSR count). The average molecular weight is 538 g/mol. The van der Waals surface area contributed by atoms with E-state index < -0.39 is 0 Å². The number of carbonyl (C=O) groups excluding carboxylic acids is 1. The molecule has 164 valence electrons. The molecule has 7 nitrogen and oxygen atoms in total. The Kier molecular flexibility index (Phi) is 11.9. The van der Waals surface area contributed by atoms with E-state index in [0.29, 0.717) is 18.1 Å². The number of aliphatic imine (C=N–C) groups is 1. The summed E-state index contributed by atoms with van der Waals surface area (Å²) in [6, 6.07) is 7.87. The predicted octanol–water partition coefficient (Wildman–Crippen LogP) is 2.36. The van der Waals surface area contributed by atoms with E-state index in [1.807, 2.05) is 38.1 Å². The van der Waals surface area contributed by atoms with Gasteiger partial charge in [-0.3, -0.25) is 14.7 Å². The van der Waals surface area contributed by atoms with Gasteiger partial charge in [-0.1, -0.05) is 23.7 Å². The molecule has 9 heteroatoms. The Balaban J connectivity index is 0.00000420. The molecule has 1 aromatic carbocycles. The second-order valence-electron chi connectivity index (χ2n) is 7.19. The van der Waals surface area contributed by atoms with Gasteiger partial charge in [0.25, 0.3) is 0 Å². The minimum absolute atomic E-state index is 0. The van der Waals surface area contributed by atoms with Gasteiger partial charge in [0.15, 0.2) is 5.96 Å². The minimum Gasteiger partial charge on any atom is -0.375 e. The molecule has 1 aliphatic heterocycles. The average Bonchev–Trinajstić information content (AvgIpc) is 2.65. The highest BCUT2D eigenvalue weighted by atomic mass is 127. The Hall–Kier alpha value is -1.10. The Morgan fingerprint density at radius 1 is 1.28 bits per heavy atom. The van der Waals surface area contributed by atoms with Crippen molar-refractivity contribution in [3.8, 4) is 0 Å². The molecule has 1 unspecified atom stereocenters. The highest BCUT2D eigenvalue weighted by Crippen LogP contribution is 2.19. The van der Waals surface area contributed by atoms with Crippen LogP contribution in [0.25, 0.3) is 0 Å². The van der Waals surface area contributed by atoms with Gasteiger partial charge in [0.1, 0.15) is 0 Å². The maximum atomic E-state index is 11.9. The fourth-order valence-corrected chi connectivity index (χ4v) is 3.45. The minimum atomic E-state index is -0.114. The number of nitrogens with one attached hydrogen (secondary N) is 2. The van der Waals surface area contributed by atoms with Gasteiger partial charge in [-0.15, -0.1) is 24.0 Å². The summed E-state index contributed by atoms with van der Waals surface area (Å²) in [4.78, 5) is 20.7. The fourth-order valence-electron chi connectivity index (χ4n) is 3.25. The van der Waals surface area contributed by atoms with Crippen molar-refractivity contribution in [1.29, 1.82) is 0 Å². The molecule has 1 amide bonds. The normalized spacial score (nSPS) is 16.3. The largest absolute Gasteiger partial charge is 0.375 e. The van der Waals surface area contributed by atoms with Gasteiger partial charge in [0, 0.05) is 57.9 Å². The standard InChI is InChI=1S/C20H32ClN5O2.HI/c1-15(2)24-19(27)14-25-8-10-26(11-9-25)20(22-3)23-13-18(28-4)16-6-5-7-17(21)12-16;/h5-7,12,15,18H,8-11,13-14H2,1-4H3,(H,22,23)(H,24,27);1H. The molecule has 2 N–H and O–H groups in total. The molecule has 0 aliphatic carbocycles. The second kappa shape index (κ2) is 13.3. The lowest BCUT2D eigenvalue weighted by molar-refractivity contribution is -0.123. The van der Waals surface area contributed by atoms with Crippen LogP contribution in [-0.2, 0) is 9.53 Å². The summed E-state index contributed by atoms with van der Waals surface area (Å²) in [5.74, 6) is 0.922. The predicted molar refractivity (Wildman–Crippen MR) is 129 cm³/mol. The van der Waals surface area contributed by atoms with Gasteiger partial charge >= 0.3 is 0 Å². The van der Waals surface area contributed by atoms with Crippen molar-refractivity contribution >= 4 is 47.4 Å². The Morgan fingerprint density at radius 3 is 2.52 bits per heavy atom. The molecule has 0 bridgehead atoms. The fraction of sp³-hybridized carbons (Fsp3) is 0.600. The number of piperazine rings is 1. The van der Waals surface area contributed by atoms with E-state index in [0.717, 1.165) is 37.7 Å². The van der Waals surface area contributed by atoms with Crippen LogP contribution in [0, 0.1) is 0 Å². The smallest absolute Gasteiger partial charge is 0.234 e. The number of nitrogens with zero attached hydrogens (tertiary/aromatic N) is 3. The molecule has 1 aromatic rings. The van der Waals surface area contributed by atoms with Crippen molar-refractivity contribution in [2.24, 2.45) is 4.99 Å². The third kappa shape index (κ3) is 8.65. The topological polar surface area (TPSA) is 69.2 Å². The van der Waals surface area contributed by atoms with E-state index in [9.17, 15) is 4.79 Å². The van der Waals surface area contributed by atoms with Crippen LogP contribution in [0.4, 0.5) is 0 Å². The first-order chi connectivity index (χ1) is 13.4. The van der Waals surface area contributed by atoms with E-state index in [1.165, 1.54) is 0 Å². The molecule has 29 heavy (non-hydrogen) atoms. The molecule has 0 radical (unpaired) electrons. The van der Waals surface area contributed by atoms with E-state index in [-0.39, 0.29) is 42.0 Å². The summed E-state index contributed by atoms with van der Waals surface area (Å²) in [6.45, 7) is 8.29. The number of amides is 1. The maximum absolute atomic E-state index is 11.9. The maximum Gasteiger partial charge on any atom is 0.234 e. The Labute approximate surface area is 196 Å². The Bertz CT molecular complexity index is 666. The van der Waals surface area contributed by atoms with Crippen molar-refractivity contribution in [2.75, 3.05) is 53.4 Å². The van der Waals surface area contributed by atoms with Crippen LogP contribution in [-0.4, -0.2) is 81.1 Å². The van der Waals surface area contributed by atoms with Crippen LogP contribution >= 0.6 is 35.6 Å². The highest BCUT2D eigenvalue weighted by molar-refractivity contribution is 14.0. The monoisotopic (exact) mass is 537 g/mol. The highest BCUT2D eigenvalue weighted by Gasteiger charge is 2.22. The zero-order valence-electron chi connectivity index (χ0n) is 17.7. The number of benzene rings is 1. The summed E-state index contributed by atoms with van der Waals surface area (Å²) in [5, 5.41) is 7.04. The third-order valence-electron chi connectivity index (χ3n) is 4.65. The first-order valence-electron chi connectivity index (χ1n) is 9.68. The molecule has 1 atom stereocenters. The molecule has 1 fully saturated rings. The molecule has 0 spiro atoms. The van der Waals surface area contributed by atoms with Gasteiger partial charge in [-0.2, -0.15) is 0 Å². The summed E-state index contributed by atoms with van der Waals surface area (Å²) in [5.41, 5.74) is 1.03. The van der Waals surface area contributed by atoms with Crippen LogP contribution in [0.3, 0.4) is 0 Å². The van der Waals surface area contributed by atoms with Crippen LogP contribution in [0.2, 0.25) is 5.02 Å². The first kappa shape index (κ1) is 25.9. The first-order valence-corrected chi connectivity index (χ1v) is 10.1. The van der Waals surface area contributed by atoms with Crippen LogP contribution in [0.5, 0.6) is 0 Å². The number of halogens is 2.